The van der Waals surface area contributed by atoms with Gasteiger partial charge in [-0.1, -0.05) is 68.2 Å². The third-order valence-corrected chi connectivity index (χ3v) is 12.2. The highest BCUT2D eigenvalue weighted by Crippen LogP contribution is 2.55. The van der Waals surface area contributed by atoms with Gasteiger partial charge in [-0.15, -0.1) is 0 Å². The maximum Gasteiger partial charge on any atom is 0.505 e. The van der Waals surface area contributed by atoms with Crippen molar-refractivity contribution in [2.45, 2.75) is 24.3 Å². The lowest BCUT2D eigenvalue weighted by Crippen LogP contribution is -2.68. The highest BCUT2D eigenvalue weighted by molar-refractivity contribution is 6.93. The molecule has 0 spiro atoms. The van der Waals surface area contributed by atoms with Crippen molar-refractivity contribution in [1.82, 2.24) is 0 Å². The van der Waals surface area contributed by atoms with Gasteiger partial charge in [0.2, 0.25) is 0 Å². The summed E-state index contributed by atoms with van der Waals surface area (Å²) < 4.78 is -1.02. The minimum atomic E-state index is -4.45. The predicted octanol–water partition coefficient (Wildman–Crippen LogP) is 2.29. The Labute approximate surface area is 126 Å². The quantitative estimate of drug-likeness (QED) is 0.745. The standard InChI is InChI=1S/C16H20O3Si2/c1-20(2,3)16(21(17,18)19)14-10-6-4-8-12(14)13-9-5-7-11-15(13)16/h4-11,17-19H,1-3H3. The van der Waals surface area contributed by atoms with Crippen LogP contribution in [0.3, 0.4) is 0 Å². The smallest absolute Gasteiger partial charge is 0.389 e. The van der Waals surface area contributed by atoms with Crippen LogP contribution in [-0.4, -0.2) is 31.3 Å². The molecular formula is C16H20O3Si2. The Morgan fingerprint density at radius 2 is 1.10 bits per heavy atom. The highest BCUT2D eigenvalue weighted by Gasteiger charge is 2.66. The van der Waals surface area contributed by atoms with E-state index in [1.165, 1.54) is 0 Å². The summed E-state index contributed by atoms with van der Waals surface area (Å²) in [6.07, 6.45) is 0. The van der Waals surface area contributed by atoms with Crippen LogP contribution in [0.4, 0.5) is 0 Å². The minimum absolute atomic E-state index is 0.865. The van der Waals surface area contributed by atoms with Gasteiger partial charge in [0.15, 0.2) is 0 Å². The molecule has 1 aliphatic rings. The molecular weight excluding hydrogens is 296 g/mol. The fraction of sp³-hybridized carbons (Fsp3) is 0.250. The fourth-order valence-corrected chi connectivity index (χ4v) is 11.1. The number of hydrogen-bond acceptors (Lipinski definition) is 3. The molecule has 0 radical (unpaired) electrons. The van der Waals surface area contributed by atoms with Crippen LogP contribution in [0.2, 0.25) is 19.6 Å². The summed E-state index contributed by atoms with van der Waals surface area (Å²) in [7, 11) is -6.65. The Hall–Kier alpha value is -1.25. The average molecular weight is 317 g/mol. The molecule has 2 aromatic rings. The van der Waals surface area contributed by atoms with Gasteiger partial charge < -0.3 is 14.4 Å². The summed E-state index contributed by atoms with van der Waals surface area (Å²) >= 11 is 0. The Kier molecular flexibility index (Phi) is 3.06. The van der Waals surface area contributed by atoms with Crippen LogP contribution in [0.5, 0.6) is 0 Å². The van der Waals surface area contributed by atoms with Crippen molar-refractivity contribution in [3.05, 3.63) is 59.7 Å². The molecule has 0 heterocycles. The van der Waals surface area contributed by atoms with Crippen molar-refractivity contribution in [2.75, 3.05) is 0 Å². The van der Waals surface area contributed by atoms with E-state index < -0.39 is 21.5 Å². The van der Waals surface area contributed by atoms with E-state index in [4.69, 9.17) is 0 Å². The summed E-state index contributed by atoms with van der Waals surface area (Å²) in [4.78, 5) is 31.4. The lowest BCUT2D eigenvalue weighted by Gasteiger charge is -2.45. The van der Waals surface area contributed by atoms with Crippen molar-refractivity contribution < 1.29 is 14.4 Å². The normalized spacial score (nSPS) is 16.5. The van der Waals surface area contributed by atoms with Gasteiger partial charge >= 0.3 is 8.80 Å². The number of benzene rings is 2. The highest BCUT2D eigenvalue weighted by atomic mass is 28.4. The van der Waals surface area contributed by atoms with E-state index in [9.17, 15) is 14.4 Å². The van der Waals surface area contributed by atoms with E-state index in [1.54, 1.807) is 0 Å². The number of hydrogen-bond donors (Lipinski definition) is 3. The van der Waals surface area contributed by atoms with Crippen LogP contribution < -0.4 is 0 Å². The first-order chi connectivity index (χ1) is 9.71. The zero-order valence-electron chi connectivity index (χ0n) is 12.5. The monoisotopic (exact) mass is 316 g/mol. The van der Waals surface area contributed by atoms with Gasteiger partial charge in [0.25, 0.3) is 0 Å². The molecule has 5 heteroatoms. The summed E-state index contributed by atoms with van der Waals surface area (Å²) in [5.41, 5.74) is 3.74. The second kappa shape index (κ2) is 4.38. The number of fused-ring (bicyclic) bond motifs is 3. The second-order valence-electron chi connectivity index (χ2n) is 6.73. The largest absolute Gasteiger partial charge is 0.505 e. The first kappa shape index (κ1) is 14.7. The van der Waals surface area contributed by atoms with E-state index in [1.807, 2.05) is 48.5 Å². The Bertz CT molecular complexity index is 638. The zero-order chi connectivity index (χ0) is 15.5. The second-order valence-corrected chi connectivity index (χ2v) is 14.5. The lowest BCUT2D eigenvalue weighted by molar-refractivity contribution is 0.209. The zero-order valence-corrected chi connectivity index (χ0v) is 14.5. The minimum Gasteiger partial charge on any atom is -0.389 e. The molecule has 0 aromatic heterocycles. The molecule has 110 valence electrons. The van der Waals surface area contributed by atoms with Crippen molar-refractivity contribution in [3.63, 3.8) is 0 Å². The van der Waals surface area contributed by atoms with Gasteiger partial charge in [-0.2, -0.15) is 0 Å². The third-order valence-electron chi connectivity index (χ3n) is 4.58. The molecule has 3 N–H and O–H groups in total. The molecule has 0 saturated heterocycles. The Balaban J connectivity index is 2.51. The topological polar surface area (TPSA) is 60.7 Å². The summed E-state index contributed by atoms with van der Waals surface area (Å²) in [5, 5.41) is 0. The van der Waals surface area contributed by atoms with E-state index in [-0.39, 0.29) is 0 Å². The maximum atomic E-state index is 10.5. The Morgan fingerprint density at radius 3 is 1.43 bits per heavy atom. The molecule has 3 nitrogen and oxygen atoms in total. The fourth-order valence-electron chi connectivity index (χ4n) is 3.91. The molecule has 1 aliphatic carbocycles. The van der Waals surface area contributed by atoms with Crippen LogP contribution >= 0.6 is 0 Å². The molecule has 0 saturated carbocycles. The first-order valence-corrected chi connectivity index (χ1v) is 12.4. The molecule has 0 atom stereocenters. The molecule has 3 rings (SSSR count). The first-order valence-electron chi connectivity index (χ1n) is 7.08. The van der Waals surface area contributed by atoms with Gasteiger partial charge in [0.1, 0.15) is 0 Å². The van der Waals surface area contributed by atoms with Gasteiger partial charge in [-0.25, -0.2) is 0 Å². The number of rotatable bonds is 2. The molecule has 2 aromatic carbocycles. The van der Waals surface area contributed by atoms with Crippen molar-refractivity contribution in [1.29, 1.82) is 0 Å². The van der Waals surface area contributed by atoms with Gasteiger partial charge in [0, 0.05) is 0 Å². The predicted molar refractivity (Wildman–Crippen MR) is 88.4 cm³/mol. The van der Waals surface area contributed by atoms with Crippen LogP contribution in [0.15, 0.2) is 48.5 Å². The van der Waals surface area contributed by atoms with E-state index in [0.717, 1.165) is 22.3 Å². The van der Waals surface area contributed by atoms with Crippen molar-refractivity contribution in [2.24, 2.45) is 0 Å². The van der Waals surface area contributed by atoms with E-state index in [2.05, 4.69) is 19.6 Å². The third kappa shape index (κ3) is 1.76. The van der Waals surface area contributed by atoms with Gasteiger partial charge in [-0.05, 0) is 22.3 Å². The molecule has 21 heavy (non-hydrogen) atoms. The molecule has 0 unspecified atom stereocenters. The lowest BCUT2D eigenvalue weighted by atomic mass is 10.1. The molecule has 0 amide bonds. The maximum absolute atomic E-state index is 10.5. The average Bonchev–Trinajstić information content (AvgIpc) is 2.69. The van der Waals surface area contributed by atoms with Crippen molar-refractivity contribution in [3.8, 4) is 11.1 Å². The summed E-state index contributed by atoms with van der Waals surface area (Å²) in [6.45, 7) is 6.24. The van der Waals surface area contributed by atoms with Crippen LogP contribution in [0.25, 0.3) is 11.1 Å². The summed E-state index contributed by atoms with van der Waals surface area (Å²) in [6, 6.07) is 15.6. The molecule has 0 fully saturated rings. The molecule has 0 aliphatic heterocycles. The van der Waals surface area contributed by atoms with E-state index in [0.29, 0.717) is 0 Å². The van der Waals surface area contributed by atoms with Crippen LogP contribution in [0, 0.1) is 0 Å². The summed E-state index contributed by atoms with van der Waals surface area (Å²) in [5.74, 6) is 0. The van der Waals surface area contributed by atoms with Gasteiger partial charge in [0.05, 0.1) is 12.7 Å². The van der Waals surface area contributed by atoms with Crippen molar-refractivity contribution >= 4 is 16.9 Å². The van der Waals surface area contributed by atoms with Crippen LogP contribution in [-0.2, 0) is 4.66 Å². The Morgan fingerprint density at radius 1 is 0.714 bits per heavy atom. The SMILES string of the molecule is C[Si](C)(C)C1([Si](O)(O)O)c2ccccc2-c2ccccc21. The van der Waals surface area contributed by atoms with Crippen LogP contribution in [0.1, 0.15) is 11.1 Å². The van der Waals surface area contributed by atoms with Gasteiger partial charge in [-0.3, -0.25) is 0 Å². The van der Waals surface area contributed by atoms with E-state index >= 15 is 0 Å². The molecule has 0 bridgehead atoms.